The largest absolute Gasteiger partial charge is 0.391 e. The fourth-order valence-electron chi connectivity index (χ4n) is 2.21. The van der Waals surface area contributed by atoms with Crippen LogP contribution < -0.4 is 4.90 Å². The van der Waals surface area contributed by atoms with Crippen molar-refractivity contribution in [1.29, 1.82) is 0 Å². The van der Waals surface area contributed by atoms with Gasteiger partial charge in [-0.05, 0) is 19.4 Å². The highest BCUT2D eigenvalue weighted by Gasteiger charge is 2.23. The Morgan fingerprint density at radius 3 is 3.12 bits per heavy atom. The predicted octanol–water partition coefficient (Wildman–Crippen LogP) is 0.609. The van der Waals surface area contributed by atoms with Gasteiger partial charge in [0, 0.05) is 25.5 Å². The van der Waals surface area contributed by atoms with Gasteiger partial charge in [-0.1, -0.05) is 0 Å². The summed E-state index contributed by atoms with van der Waals surface area (Å²) in [5.41, 5.74) is 1.99. The predicted molar refractivity (Wildman–Crippen MR) is 60.6 cm³/mol. The van der Waals surface area contributed by atoms with Gasteiger partial charge in [0.25, 0.3) is 0 Å². The summed E-state index contributed by atoms with van der Waals surface area (Å²) in [6.07, 6.45) is 4.18. The molecule has 1 fully saturated rings. The number of anilines is 1. The SMILES string of the molecule is Cc1cc2c(N3CC[C@H](O)C3)nccn2n1. The molecular formula is C11H14N4O. The first kappa shape index (κ1) is 9.59. The molecule has 0 amide bonds. The third kappa shape index (κ3) is 1.44. The van der Waals surface area contributed by atoms with Crippen LogP contribution in [0.25, 0.3) is 5.52 Å². The molecule has 1 aliphatic rings. The number of hydrogen-bond acceptors (Lipinski definition) is 4. The van der Waals surface area contributed by atoms with E-state index in [-0.39, 0.29) is 6.10 Å². The molecule has 3 rings (SSSR count). The fourth-order valence-corrected chi connectivity index (χ4v) is 2.21. The van der Waals surface area contributed by atoms with Crippen molar-refractivity contribution in [2.45, 2.75) is 19.4 Å². The van der Waals surface area contributed by atoms with Crippen molar-refractivity contribution in [3.05, 3.63) is 24.2 Å². The van der Waals surface area contributed by atoms with Gasteiger partial charge in [0.05, 0.1) is 11.8 Å². The lowest BCUT2D eigenvalue weighted by Crippen LogP contribution is -2.22. The lowest BCUT2D eigenvalue weighted by Gasteiger charge is -2.16. The Morgan fingerprint density at radius 2 is 2.38 bits per heavy atom. The number of rotatable bonds is 1. The highest BCUT2D eigenvalue weighted by atomic mass is 16.3. The van der Waals surface area contributed by atoms with E-state index in [1.54, 1.807) is 6.20 Å². The van der Waals surface area contributed by atoms with Gasteiger partial charge in [-0.25, -0.2) is 9.50 Å². The van der Waals surface area contributed by atoms with Gasteiger partial charge in [-0.15, -0.1) is 0 Å². The molecule has 84 valence electrons. The molecule has 0 saturated carbocycles. The van der Waals surface area contributed by atoms with E-state index in [1.165, 1.54) is 0 Å². The van der Waals surface area contributed by atoms with E-state index in [1.807, 2.05) is 23.7 Å². The molecule has 0 bridgehead atoms. The maximum atomic E-state index is 9.55. The molecule has 1 saturated heterocycles. The van der Waals surface area contributed by atoms with Crippen molar-refractivity contribution in [3.63, 3.8) is 0 Å². The standard InChI is InChI=1S/C11H14N4O/c1-8-6-10-11(12-3-5-15(10)13-8)14-4-2-9(16)7-14/h3,5-6,9,16H,2,4,7H2,1H3/t9-/m0/s1. The molecule has 3 heterocycles. The maximum absolute atomic E-state index is 9.55. The lowest BCUT2D eigenvalue weighted by molar-refractivity contribution is 0.198. The van der Waals surface area contributed by atoms with Gasteiger partial charge in [-0.3, -0.25) is 0 Å². The number of fused-ring (bicyclic) bond motifs is 1. The van der Waals surface area contributed by atoms with E-state index in [2.05, 4.69) is 15.0 Å². The molecule has 2 aromatic rings. The molecule has 1 aliphatic heterocycles. The van der Waals surface area contributed by atoms with Crippen LogP contribution in [0.15, 0.2) is 18.5 Å². The highest BCUT2D eigenvalue weighted by Crippen LogP contribution is 2.23. The number of hydrogen-bond donors (Lipinski definition) is 1. The zero-order chi connectivity index (χ0) is 11.1. The van der Waals surface area contributed by atoms with Gasteiger partial charge in [0.2, 0.25) is 0 Å². The second-order valence-corrected chi connectivity index (χ2v) is 4.25. The summed E-state index contributed by atoms with van der Waals surface area (Å²) in [4.78, 5) is 6.50. The third-order valence-corrected chi connectivity index (χ3v) is 2.95. The van der Waals surface area contributed by atoms with Crippen LogP contribution in [-0.2, 0) is 0 Å². The minimum atomic E-state index is -0.230. The van der Waals surface area contributed by atoms with Crippen LogP contribution in [0.3, 0.4) is 0 Å². The van der Waals surface area contributed by atoms with Crippen LogP contribution in [0.4, 0.5) is 5.82 Å². The normalized spacial score (nSPS) is 20.9. The minimum absolute atomic E-state index is 0.230. The quantitative estimate of drug-likeness (QED) is 0.762. The highest BCUT2D eigenvalue weighted by molar-refractivity contribution is 5.69. The Labute approximate surface area is 93.3 Å². The van der Waals surface area contributed by atoms with Crippen molar-refractivity contribution in [2.24, 2.45) is 0 Å². The Kier molecular flexibility index (Phi) is 2.07. The topological polar surface area (TPSA) is 53.7 Å². The van der Waals surface area contributed by atoms with Crippen LogP contribution in [0.1, 0.15) is 12.1 Å². The zero-order valence-corrected chi connectivity index (χ0v) is 9.17. The first-order valence-corrected chi connectivity index (χ1v) is 5.48. The average molecular weight is 218 g/mol. The molecule has 0 radical (unpaired) electrons. The smallest absolute Gasteiger partial charge is 0.154 e. The summed E-state index contributed by atoms with van der Waals surface area (Å²) in [5, 5.41) is 13.9. The summed E-state index contributed by atoms with van der Waals surface area (Å²) < 4.78 is 1.84. The summed E-state index contributed by atoms with van der Waals surface area (Å²) in [5.74, 6) is 0.916. The molecule has 5 nitrogen and oxygen atoms in total. The van der Waals surface area contributed by atoms with E-state index >= 15 is 0 Å². The molecule has 1 atom stereocenters. The average Bonchev–Trinajstić information content (AvgIpc) is 2.82. The van der Waals surface area contributed by atoms with Crippen molar-refractivity contribution in [3.8, 4) is 0 Å². The van der Waals surface area contributed by atoms with Crippen LogP contribution in [0.2, 0.25) is 0 Å². The molecule has 0 spiro atoms. The molecule has 0 aliphatic carbocycles. The Bertz CT molecular complexity index is 522. The van der Waals surface area contributed by atoms with Crippen molar-refractivity contribution in [2.75, 3.05) is 18.0 Å². The Morgan fingerprint density at radius 1 is 1.50 bits per heavy atom. The number of β-amino-alcohol motifs (C(OH)–C–C–N with tert-alkyl or cyclic N) is 1. The summed E-state index contributed by atoms with van der Waals surface area (Å²) in [7, 11) is 0. The molecule has 0 unspecified atom stereocenters. The van der Waals surface area contributed by atoms with Gasteiger partial charge in [0.15, 0.2) is 5.82 Å². The van der Waals surface area contributed by atoms with Crippen molar-refractivity contribution >= 4 is 11.3 Å². The summed E-state index contributed by atoms with van der Waals surface area (Å²) >= 11 is 0. The van der Waals surface area contributed by atoms with Gasteiger partial charge >= 0.3 is 0 Å². The number of aromatic nitrogens is 3. The van der Waals surface area contributed by atoms with E-state index in [9.17, 15) is 5.11 Å². The maximum Gasteiger partial charge on any atom is 0.154 e. The van der Waals surface area contributed by atoms with E-state index in [0.29, 0.717) is 6.54 Å². The first-order valence-electron chi connectivity index (χ1n) is 5.48. The first-order chi connectivity index (χ1) is 7.74. The molecule has 2 aromatic heterocycles. The Hall–Kier alpha value is -1.62. The molecular weight excluding hydrogens is 204 g/mol. The van der Waals surface area contributed by atoms with Crippen LogP contribution >= 0.6 is 0 Å². The van der Waals surface area contributed by atoms with Crippen LogP contribution in [0, 0.1) is 6.92 Å². The van der Waals surface area contributed by atoms with Crippen LogP contribution in [-0.4, -0.2) is 38.9 Å². The van der Waals surface area contributed by atoms with Crippen LogP contribution in [0.5, 0.6) is 0 Å². The number of aryl methyl sites for hydroxylation is 1. The molecule has 0 aromatic carbocycles. The summed E-state index contributed by atoms with van der Waals surface area (Å²) in [6.45, 7) is 3.49. The number of aliphatic hydroxyl groups is 1. The van der Waals surface area contributed by atoms with E-state index in [4.69, 9.17) is 0 Å². The molecule has 1 N–H and O–H groups in total. The van der Waals surface area contributed by atoms with E-state index in [0.717, 1.165) is 30.0 Å². The lowest BCUT2D eigenvalue weighted by atomic mass is 10.3. The van der Waals surface area contributed by atoms with Crippen molar-refractivity contribution < 1.29 is 5.11 Å². The summed E-state index contributed by atoms with van der Waals surface area (Å²) in [6, 6.07) is 2.02. The van der Waals surface area contributed by atoms with Gasteiger partial charge < -0.3 is 10.0 Å². The number of aliphatic hydroxyl groups excluding tert-OH is 1. The monoisotopic (exact) mass is 218 g/mol. The van der Waals surface area contributed by atoms with Gasteiger partial charge in [-0.2, -0.15) is 5.10 Å². The molecule has 16 heavy (non-hydrogen) atoms. The van der Waals surface area contributed by atoms with E-state index < -0.39 is 0 Å². The van der Waals surface area contributed by atoms with Gasteiger partial charge in [0.1, 0.15) is 5.52 Å². The minimum Gasteiger partial charge on any atom is -0.391 e. The third-order valence-electron chi connectivity index (χ3n) is 2.95. The second-order valence-electron chi connectivity index (χ2n) is 4.25. The fraction of sp³-hybridized carbons (Fsp3) is 0.455. The Balaban J connectivity index is 2.09. The zero-order valence-electron chi connectivity index (χ0n) is 9.17. The second kappa shape index (κ2) is 3.45. The molecule has 5 heteroatoms. The number of nitrogens with zero attached hydrogens (tertiary/aromatic N) is 4. The van der Waals surface area contributed by atoms with Crippen molar-refractivity contribution in [1.82, 2.24) is 14.6 Å².